The van der Waals surface area contributed by atoms with E-state index in [1.54, 1.807) is 0 Å². The molecule has 0 atom stereocenters. The summed E-state index contributed by atoms with van der Waals surface area (Å²) in [5.41, 5.74) is 1.32. The van der Waals surface area contributed by atoms with E-state index in [0.717, 1.165) is 29.3 Å². The van der Waals surface area contributed by atoms with Crippen LogP contribution >= 0.6 is 22.6 Å². The molecule has 2 rings (SSSR count). The first kappa shape index (κ1) is 9.24. The second kappa shape index (κ2) is 3.82. The van der Waals surface area contributed by atoms with Gasteiger partial charge >= 0.3 is 0 Å². The van der Waals surface area contributed by atoms with Crippen molar-refractivity contribution in [2.45, 2.75) is 17.3 Å². The van der Waals surface area contributed by atoms with Crippen molar-refractivity contribution in [3.63, 3.8) is 0 Å². The fourth-order valence-corrected chi connectivity index (χ4v) is 2.38. The van der Waals surface area contributed by atoms with E-state index in [1.165, 1.54) is 5.56 Å². The summed E-state index contributed by atoms with van der Waals surface area (Å²) in [7, 11) is 0. The van der Waals surface area contributed by atoms with Crippen LogP contribution in [0.1, 0.15) is 12.5 Å². The number of anilines is 1. The van der Waals surface area contributed by atoms with E-state index < -0.39 is 0 Å². The van der Waals surface area contributed by atoms with Gasteiger partial charge in [-0.3, -0.25) is 0 Å². The standard InChI is InChI=1S/C10H13IN2/c1-2-8-3-4-10(12-5-8)13-6-9(11)7-13/h3-5,9H,2,6-7H2,1H3. The van der Waals surface area contributed by atoms with E-state index in [4.69, 9.17) is 0 Å². The maximum atomic E-state index is 4.43. The lowest BCUT2D eigenvalue weighted by atomic mass is 10.2. The lowest BCUT2D eigenvalue weighted by molar-refractivity contribution is 0.645. The van der Waals surface area contributed by atoms with Crippen LogP contribution in [0.25, 0.3) is 0 Å². The van der Waals surface area contributed by atoms with Gasteiger partial charge in [-0.15, -0.1) is 0 Å². The van der Waals surface area contributed by atoms with Crippen LogP contribution in [0.15, 0.2) is 18.3 Å². The zero-order valence-electron chi connectivity index (χ0n) is 7.70. The molecule has 0 amide bonds. The van der Waals surface area contributed by atoms with Gasteiger partial charge in [-0.1, -0.05) is 35.6 Å². The number of aryl methyl sites for hydroxylation is 1. The molecule has 1 fully saturated rings. The molecule has 13 heavy (non-hydrogen) atoms. The largest absolute Gasteiger partial charge is 0.354 e. The number of pyridine rings is 1. The highest BCUT2D eigenvalue weighted by Gasteiger charge is 2.24. The number of halogens is 1. The zero-order chi connectivity index (χ0) is 9.26. The minimum Gasteiger partial charge on any atom is -0.354 e. The summed E-state index contributed by atoms with van der Waals surface area (Å²) in [6, 6.07) is 4.30. The van der Waals surface area contributed by atoms with Gasteiger partial charge in [0.25, 0.3) is 0 Å². The first-order chi connectivity index (χ1) is 6.29. The second-order valence-electron chi connectivity index (χ2n) is 3.38. The third-order valence-electron chi connectivity index (χ3n) is 2.38. The Morgan fingerprint density at radius 3 is 2.77 bits per heavy atom. The first-order valence-electron chi connectivity index (χ1n) is 4.63. The lowest BCUT2D eigenvalue weighted by Crippen LogP contribution is -2.47. The van der Waals surface area contributed by atoms with Gasteiger partial charge in [0.05, 0.1) is 0 Å². The van der Waals surface area contributed by atoms with E-state index >= 15 is 0 Å². The second-order valence-corrected chi connectivity index (χ2v) is 5.14. The van der Waals surface area contributed by atoms with Gasteiger partial charge in [0.1, 0.15) is 5.82 Å². The van der Waals surface area contributed by atoms with Crippen molar-refractivity contribution in [3.8, 4) is 0 Å². The monoisotopic (exact) mass is 288 g/mol. The van der Waals surface area contributed by atoms with Crippen molar-refractivity contribution in [2.24, 2.45) is 0 Å². The number of aromatic nitrogens is 1. The Morgan fingerprint density at radius 1 is 1.54 bits per heavy atom. The maximum absolute atomic E-state index is 4.43. The summed E-state index contributed by atoms with van der Waals surface area (Å²) < 4.78 is 0.810. The Balaban J connectivity index is 2.06. The molecule has 1 saturated heterocycles. The van der Waals surface area contributed by atoms with E-state index in [0.29, 0.717) is 0 Å². The van der Waals surface area contributed by atoms with Crippen molar-refractivity contribution in [1.29, 1.82) is 0 Å². The summed E-state index contributed by atoms with van der Waals surface area (Å²) in [6.07, 6.45) is 3.05. The van der Waals surface area contributed by atoms with Crippen LogP contribution in [0.5, 0.6) is 0 Å². The molecule has 0 radical (unpaired) electrons. The van der Waals surface area contributed by atoms with Crippen LogP contribution in [0.4, 0.5) is 5.82 Å². The van der Waals surface area contributed by atoms with Gasteiger partial charge in [-0.25, -0.2) is 4.98 Å². The van der Waals surface area contributed by atoms with E-state index in [-0.39, 0.29) is 0 Å². The molecule has 0 aliphatic carbocycles. The van der Waals surface area contributed by atoms with Crippen LogP contribution in [0, 0.1) is 0 Å². The van der Waals surface area contributed by atoms with E-state index in [1.807, 2.05) is 6.20 Å². The smallest absolute Gasteiger partial charge is 0.128 e. The SMILES string of the molecule is CCc1ccc(N2CC(I)C2)nc1. The van der Waals surface area contributed by atoms with Gasteiger partial charge < -0.3 is 4.90 Å². The van der Waals surface area contributed by atoms with Crippen molar-refractivity contribution in [2.75, 3.05) is 18.0 Å². The third kappa shape index (κ3) is 1.95. The van der Waals surface area contributed by atoms with Crippen molar-refractivity contribution >= 4 is 28.4 Å². The molecular weight excluding hydrogens is 275 g/mol. The summed E-state index contributed by atoms with van der Waals surface area (Å²) in [6.45, 7) is 4.46. The highest BCUT2D eigenvalue weighted by Crippen LogP contribution is 2.22. The maximum Gasteiger partial charge on any atom is 0.128 e. The summed E-state index contributed by atoms with van der Waals surface area (Å²) in [5, 5.41) is 0. The first-order valence-corrected chi connectivity index (χ1v) is 5.88. The Bertz CT molecular complexity index is 277. The zero-order valence-corrected chi connectivity index (χ0v) is 9.86. The molecule has 1 aromatic rings. The molecule has 0 saturated carbocycles. The molecule has 3 heteroatoms. The molecule has 1 aromatic heterocycles. The van der Waals surface area contributed by atoms with E-state index in [9.17, 15) is 0 Å². The summed E-state index contributed by atoms with van der Waals surface area (Å²) in [5.74, 6) is 1.13. The number of hydrogen-bond donors (Lipinski definition) is 0. The summed E-state index contributed by atoms with van der Waals surface area (Å²) in [4.78, 5) is 6.74. The molecule has 0 bridgehead atoms. The van der Waals surface area contributed by atoms with Gasteiger partial charge in [0.15, 0.2) is 0 Å². The summed E-state index contributed by atoms with van der Waals surface area (Å²) >= 11 is 2.48. The normalized spacial score (nSPS) is 17.2. The number of nitrogens with zero attached hydrogens (tertiary/aromatic N) is 2. The molecule has 0 aromatic carbocycles. The number of alkyl halides is 1. The minimum absolute atomic E-state index is 0.810. The van der Waals surface area contributed by atoms with Gasteiger partial charge in [-0.2, -0.15) is 0 Å². The molecule has 0 N–H and O–H groups in total. The molecule has 2 nitrogen and oxygen atoms in total. The minimum atomic E-state index is 0.810. The fraction of sp³-hybridized carbons (Fsp3) is 0.500. The highest BCUT2D eigenvalue weighted by molar-refractivity contribution is 14.1. The Morgan fingerprint density at radius 2 is 2.31 bits per heavy atom. The predicted octanol–water partition coefficient (Wildman–Crippen LogP) is 2.27. The molecule has 0 unspecified atom stereocenters. The van der Waals surface area contributed by atoms with E-state index in [2.05, 4.69) is 51.5 Å². The van der Waals surface area contributed by atoms with Gasteiger partial charge in [-0.05, 0) is 18.1 Å². The Labute approximate surface area is 92.5 Å². The van der Waals surface area contributed by atoms with Crippen LogP contribution < -0.4 is 4.90 Å². The molecule has 1 aliphatic heterocycles. The molecule has 2 heterocycles. The lowest BCUT2D eigenvalue weighted by Gasteiger charge is -2.36. The quantitative estimate of drug-likeness (QED) is 0.613. The van der Waals surface area contributed by atoms with Crippen molar-refractivity contribution in [1.82, 2.24) is 4.98 Å². The van der Waals surface area contributed by atoms with Gasteiger partial charge in [0, 0.05) is 23.2 Å². The third-order valence-corrected chi connectivity index (χ3v) is 3.17. The average molecular weight is 288 g/mol. The van der Waals surface area contributed by atoms with Crippen molar-refractivity contribution in [3.05, 3.63) is 23.9 Å². The van der Waals surface area contributed by atoms with Crippen LogP contribution in [0.2, 0.25) is 0 Å². The number of hydrogen-bond acceptors (Lipinski definition) is 2. The van der Waals surface area contributed by atoms with Crippen LogP contribution in [-0.2, 0) is 6.42 Å². The molecule has 1 aliphatic rings. The Kier molecular flexibility index (Phi) is 2.71. The van der Waals surface area contributed by atoms with Crippen molar-refractivity contribution < 1.29 is 0 Å². The predicted molar refractivity (Wildman–Crippen MR) is 63.6 cm³/mol. The Hall–Kier alpha value is -0.320. The fourth-order valence-electron chi connectivity index (χ4n) is 1.42. The van der Waals surface area contributed by atoms with Crippen LogP contribution in [0.3, 0.4) is 0 Å². The molecule has 70 valence electrons. The molecule has 0 spiro atoms. The highest BCUT2D eigenvalue weighted by atomic mass is 127. The van der Waals surface area contributed by atoms with Gasteiger partial charge in [0.2, 0.25) is 0 Å². The number of rotatable bonds is 2. The topological polar surface area (TPSA) is 16.1 Å². The molecular formula is C10H13IN2. The van der Waals surface area contributed by atoms with Crippen LogP contribution in [-0.4, -0.2) is 22.0 Å². The average Bonchev–Trinajstić information content (AvgIpc) is 2.13.